The maximum atomic E-state index is 10.3. The summed E-state index contributed by atoms with van der Waals surface area (Å²) in [6.07, 6.45) is 0. The first-order valence-corrected chi connectivity index (χ1v) is 5.16. The van der Waals surface area contributed by atoms with Crippen LogP contribution in [-0.2, 0) is 4.79 Å². The van der Waals surface area contributed by atoms with E-state index in [4.69, 9.17) is 5.11 Å². The van der Waals surface area contributed by atoms with Gasteiger partial charge in [0.2, 0.25) is 0 Å². The van der Waals surface area contributed by atoms with Gasteiger partial charge in [0.25, 0.3) is 0 Å². The molecule has 6 heteroatoms. The number of aromatic nitrogens is 2. The number of fused-ring (bicyclic) bond motifs is 1. The fraction of sp³-hybridized carbons (Fsp3) is 0.222. The number of anilines is 1. The summed E-state index contributed by atoms with van der Waals surface area (Å²) in [5.41, 5.74) is 0.660. The van der Waals surface area contributed by atoms with E-state index in [9.17, 15) is 4.79 Å². The fourth-order valence-corrected chi connectivity index (χ4v) is 1.96. The summed E-state index contributed by atoms with van der Waals surface area (Å²) in [6, 6.07) is 3.64. The summed E-state index contributed by atoms with van der Waals surface area (Å²) in [7, 11) is 0. The van der Waals surface area contributed by atoms with Gasteiger partial charge in [-0.05, 0) is 19.1 Å². The number of hydrogen-bond donors (Lipinski definition) is 2. The number of aliphatic carboxylic acids is 1. The van der Waals surface area contributed by atoms with Crippen molar-refractivity contribution in [1.82, 2.24) is 9.97 Å². The van der Waals surface area contributed by atoms with Crippen molar-refractivity contribution in [2.45, 2.75) is 6.92 Å². The number of carboxylic acids is 1. The smallest absolute Gasteiger partial charge is 0.322 e. The molecule has 0 radical (unpaired) electrons. The quantitative estimate of drug-likeness (QED) is 0.824. The number of thiazole rings is 1. The molecule has 0 aromatic carbocycles. The highest BCUT2D eigenvalue weighted by Crippen LogP contribution is 2.21. The summed E-state index contributed by atoms with van der Waals surface area (Å²) in [5, 5.41) is 12.1. The first kappa shape index (κ1) is 9.85. The van der Waals surface area contributed by atoms with Crippen LogP contribution in [0.2, 0.25) is 0 Å². The van der Waals surface area contributed by atoms with Crippen LogP contribution >= 0.6 is 11.3 Å². The molecule has 0 unspecified atom stereocenters. The van der Waals surface area contributed by atoms with Crippen molar-refractivity contribution >= 4 is 33.5 Å². The molecular weight excluding hydrogens is 214 g/mol. The van der Waals surface area contributed by atoms with E-state index in [1.165, 1.54) is 0 Å². The molecule has 2 aromatic rings. The fourth-order valence-electron chi connectivity index (χ4n) is 1.19. The van der Waals surface area contributed by atoms with Crippen molar-refractivity contribution in [1.29, 1.82) is 0 Å². The first-order valence-electron chi connectivity index (χ1n) is 4.35. The van der Waals surface area contributed by atoms with Crippen molar-refractivity contribution in [2.24, 2.45) is 0 Å². The lowest BCUT2D eigenvalue weighted by atomic mass is 10.4. The van der Waals surface area contributed by atoms with Crippen LogP contribution in [0.3, 0.4) is 0 Å². The number of pyridine rings is 1. The minimum absolute atomic E-state index is 0.137. The molecule has 0 aliphatic heterocycles. The maximum absolute atomic E-state index is 10.3. The number of nitrogens with zero attached hydrogens (tertiary/aromatic N) is 2. The zero-order valence-corrected chi connectivity index (χ0v) is 8.84. The molecule has 0 spiro atoms. The van der Waals surface area contributed by atoms with Gasteiger partial charge in [-0.1, -0.05) is 0 Å². The SMILES string of the molecule is Cc1nc2nc(NCC(=O)O)ccc2s1. The minimum Gasteiger partial charge on any atom is -0.480 e. The topological polar surface area (TPSA) is 75.1 Å². The monoisotopic (exact) mass is 223 g/mol. The third kappa shape index (κ3) is 2.21. The van der Waals surface area contributed by atoms with Gasteiger partial charge in [0.1, 0.15) is 12.4 Å². The molecule has 0 bridgehead atoms. The van der Waals surface area contributed by atoms with Gasteiger partial charge < -0.3 is 10.4 Å². The molecule has 15 heavy (non-hydrogen) atoms. The number of carboxylic acid groups (broad SMARTS) is 1. The molecule has 78 valence electrons. The molecular formula is C9H9N3O2S. The Balaban J connectivity index is 2.26. The van der Waals surface area contributed by atoms with Gasteiger partial charge in [0, 0.05) is 0 Å². The summed E-state index contributed by atoms with van der Waals surface area (Å²) >= 11 is 1.57. The lowest BCUT2D eigenvalue weighted by molar-refractivity contribution is -0.134. The lowest BCUT2D eigenvalue weighted by Crippen LogP contribution is -2.12. The van der Waals surface area contributed by atoms with E-state index in [1.54, 1.807) is 17.4 Å². The van der Waals surface area contributed by atoms with Gasteiger partial charge in [-0.25, -0.2) is 9.97 Å². The highest BCUT2D eigenvalue weighted by molar-refractivity contribution is 7.18. The van der Waals surface area contributed by atoms with Crippen LogP contribution in [0.25, 0.3) is 10.3 Å². The standard InChI is InChI=1S/C9H9N3O2S/c1-5-11-9-6(15-5)2-3-7(12-9)10-4-8(13)14/h2-3H,4H2,1H3,(H,10,12)(H,13,14). The van der Waals surface area contributed by atoms with Crippen LogP contribution in [0.5, 0.6) is 0 Å². The van der Waals surface area contributed by atoms with Crippen molar-refractivity contribution < 1.29 is 9.90 Å². The predicted octanol–water partition coefficient (Wildman–Crippen LogP) is 1.50. The predicted molar refractivity (Wildman–Crippen MR) is 58.3 cm³/mol. The zero-order chi connectivity index (χ0) is 10.8. The van der Waals surface area contributed by atoms with Gasteiger partial charge in [-0.2, -0.15) is 0 Å². The van der Waals surface area contributed by atoms with E-state index >= 15 is 0 Å². The number of rotatable bonds is 3. The molecule has 0 saturated heterocycles. The Labute approximate surface area is 89.8 Å². The second-order valence-corrected chi connectivity index (χ2v) is 4.23. The van der Waals surface area contributed by atoms with Crippen LogP contribution < -0.4 is 5.32 Å². The second-order valence-electron chi connectivity index (χ2n) is 3.00. The third-order valence-electron chi connectivity index (χ3n) is 1.78. The molecule has 0 aliphatic carbocycles. The Hall–Kier alpha value is -1.69. The van der Waals surface area contributed by atoms with Crippen LogP contribution in [-0.4, -0.2) is 27.6 Å². The van der Waals surface area contributed by atoms with E-state index in [0.717, 1.165) is 9.71 Å². The van der Waals surface area contributed by atoms with Gasteiger partial charge in [0.05, 0.1) is 9.71 Å². The van der Waals surface area contributed by atoms with Crippen molar-refractivity contribution in [3.8, 4) is 0 Å². The van der Waals surface area contributed by atoms with E-state index < -0.39 is 5.97 Å². The average Bonchev–Trinajstić information content (AvgIpc) is 2.53. The molecule has 0 amide bonds. The highest BCUT2D eigenvalue weighted by atomic mass is 32.1. The molecule has 2 aromatic heterocycles. The highest BCUT2D eigenvalue weighted by Gasteiger charge is 2.03. The number of nitrogens with one attached hydrogen (secondary N) is 1. The Bertz CT molecular complexity index is 509. The van der Waals surface area contributed by atoms with Gasteiger partial charge in [-0.3, -0.25) is 4.79 Å². The summed E-state index contributed by atoms with van der Waals surface area (Å²) in [4.78, 5) is 18.8. The van der Waals surface area contributed by atoms with E-state index in [1.807, 2.05) is 13.0 Å². The van der Waals surface area contributed by atoms with Gasteiger partial charge in [0.15, 0.2) is 5.65 Å². The van der Waals surface area contributed by atoms with E-state index in [2.05, 4.69) is 15.3 Å². The van der Waals surface area contributed by atoms with Crippen molar-refractivity contribution in [2.75, 3.05) is 11.9 Å². The summed E-state index contributed by atoms with van der Waals surface area (Å²) in [6.45, 7) is 1.78. The van der Waals surface area contributed by atoms with Crippen LogP contribution in [0, 0.1) is 6.92 Å². The van der Waals surface area contributed by atoms with E-state index in [0.29, 0.717) is 11.5 Å². The maximum Gasteiger partial charge on any atom is 0.322 e. The van der Waals surface area contributed by atoms with E-state index in [-0.39, 0.29) is 6.54 Å². The number of aryl methyl sites for hydroxylation is 1. The summed E-state index contributed by atoms with van der Waals surface area (Å²) in [5.74, 6) is -0.374. The Kier molecular flexibility index (Phi) is 2.51. The van der Waals surface area contributed by atoms with Crippen LogP contribution in [0.4, 0.5) is 5.82 Å². The molecule has 2 rings (SSSR count). The average molecular weight is 223 g/mol. The van der Waals surface area contributed by atoms with Crippen molar-refractivity contribution in [3.63, 3.8) is 0 Å². The molecule has 0 fully saturated rings. The first-order chi connectivity index (χ1) is 7.15. The van der Waals surface area contributed by atoms with Crippen molar-refractivity contribution in [3.05, 3.63) is 17.1 Å². The minimum atomic E-state index is -0.911. The largest absolute Gasteiger partial charge is 0.480 e. The van der Waals surface area contributed by atoms with Gasteiger partial charge >= 0.3 is 5.97 Å². The normalized spacial score (nSPS) is 10.5. The lowest BCUT2D eigenvalue weighted by Gasteiger charge is -2.00. The second kappa shape index (κ2) is 3.82. The number of hydrogen-bond acceptors (Lipinski definition) is 5. The molecule has 5 nitrogen and oxygen atoms in total. The Morgan fingerprint density at radius 1 is 1.53 bits per heavy atom. The van der Waals surface area contributed by atoms with Crippen LogP contribution in [0.1, 0.15) is 5.01 Å². The zero-order valence-electron chi connectivity index (χ0n) is 8.02. The molecule has 0 saturated carbocycles. The molecule has 0 atom stereocenters. The van der Waals surface area contributed by atoms with Crippen LogP contribution in [0.15, 0.2) is 12.1 Å². The Morgan fingerprint density at radius 3 is 3.07 bits per heavy atom. The molecule has 0 aliphatic rings. The van der Waals surface area contributed by atoms with Gasteiger partial charge in [-0.15, -0.1) is 11.3 Å². The number of carbonyl (C=O) groups is 1. The Morgan fingerprint density at radius 2 is 2.33 bits per heavy atom. The third-order valence-corrected chi connectivity index (χ3v) is 2.71. The molecule has 2 N–H and O–H groups in total. The summed E-state index contributed by atoms with van der Waals surface area (Å²) < 4.78 is 1.01. The molecule has 2 heterocycles.